The first-order valence-electron chi connectivity index (χ1n) is 10.1. The molecule has 2 aromatic rings. The highest BCUT2D eigenvalue weighted by molar-refractivity contribution is 6.00. The van der Waals surface area contributed by atoms with Gasteiger partial charge in [-0.15, -0.1) is 0 Å². The first-order chi connectivity index (χ1) is 14.1. The van der Waals surface area contributed by atoms with Gasteiger partial charge in [0, 0.05) is 30.9 Å². The normalized spacial score (nSPS) is 17.8. The summed E-state index contributed by atoms with van der Waals surface area (Å²) in [5.74, 6) is 0.790. The van der Waals surface area contributed by atoms with Gasteiger partial charge >= 0.3 is 0 Å². The van der Waals surface area contributed by atoms with Crippen LogP contribution >= 0.6 is 0 Å². The van der Waals surface area contributed by atoms with E-state index in [0.717, 1.165) is 47.5 Å². The highest BCUT2D eigenvalue weighted by atomic mass is 16.5. The Bertz CT molecular complexity index is 888. The van der Waals surface area contributed by atoms with E-state index in [1.54, 1.807) is 12.0 Å². The highest BCUT2D eigenvalue weighted by Gasteiger charge is 2.32. The van der Waals surface area contributed by atoms with Crippen LogP contribution in [0.15, 0.2) is 42.5 Å². The molecule has 29 heavy (non-hydrogen) atoms. The Kier molecular flexibility index (Phi) is 5.81. The molecule has 0 saturated carbocycles. The number of fused-ring (bicyclic) bond motifs is 1. The molecule has 152 valence electrons. The summed E-state index contributed by atoms with van der Waals surface area (Å²) in [5, 5.41) is 2.96. The van der Waals surface area contributed by atoms with E-state index in [0.29, 0.717) is 26.0 Å². The Balaban J connectivity index is 1.37. The van der Waals surface area contributed by atoms with Gasteiger partial charge in [0.25, 0.3) is 5.91 Å². The molecule has 0 aliphatic carbocycles. The van der Waals surface area contributed by atoms with Gasteiger partial charge in [0.1, 0.15) is 11.9 Å². The number of hydrogen-bond acceptors (Lipinski definition) is 4. The molecule has 2 aliphatic rings. The first-order valence-corrected chi connectivity index (χ1v) is 10.1. The number of benzene rings is 2. The monoisotopic (exact) mass is 394 g/mol. The predicted octanol–water partition coefficient (Wildman–Crippen LogP) is 3.33. The zero-order chi connectivity index (χ0) is 20.2. The quantitative estimate of drug-likeness (QED) is 0.816. The summed E-state index contributed by atoms with van der Waals surface area (Å²) in [7, 11) is 1.63. The largest absolute Gasteiger partial charge is 0.497 e. The Morgan fingerprint density at radius 3 is 2.76 bits per heavy atom. The summed E-state index contributed by atoms with van der Waals surface area (Å²) in [5.41, 5.74) is 3.82. The van der Waals surface area contributed by atoms with Gasteiger partial charge in [-0.25, -0.2) is 0 Å². The Labute approximate surface area is 170 Å². The van der Waals surface area contributed by atoms with Crippen molar-refractivity contribution in [3.05, 3.63) is 53.6 Å². The predicted molar refractivity (Wildman–Crippen MR) is 111 cm³/mol. The average Bonchev–Trinajstić information content (AvgIpc) is 3.42. The van der Waals surface area contributed by atoms with Crippen LogP contribution in [0.4, 0.5) is 11.4 Å². The number of aryl methyl sites for hydroxylation is 1. The fourth-order valence-corrected chi connectivity index (χ4v) is 3.91. The number of ether oxygens (including phenoxy) is 2. The van der Waals surface area contributed by atoms with Gasteiger partial charge in [-0.1, -0.05) is 18.2 Å². The average molecular weight is 394 g/mol. The van der Waals surface area contributed by atoms with E-state index in [-0.39, 0.29) is 17.9 Å². The van der Waals surface area contributed by atoms with E-state index in [4.69, 9.17) is 9.47 Å². The van der Waals surface area contributed by atoms with Crippen molar-refractivity contribution in [1.29, 1.82) is 0 Å². The first kappa shape index (κ1) is 19.5. The molecule has 0 aromatic heterocycles. The van der Waals surface area contributed by atoms with Crippen molar-refractivity contribution in [2.75, 3.05) is 30.5 Å². The van der Waals surface area contributed by atoms with Crippen LogP contribution in [-0.2, 0) is 27.2 Å². The lowest BCUT2D eigenvalue weighted by molar-refractivity contribution is -0.127. The van der Waals surface area contributed by atoms with Crippen molar-refractivity contribution < 1.29 is 19.1 Å². The molecule has 0 radical (unpaired) electrons. The van der Waals surface area contributed by atoms with Crippen molar-refractivity contribution in [2.45, 2.75) is 38.2 Å². The number of hydrogen-bond donors (Lipinski definition) is 1. The minimum Gasteiger partial charge on any atom is -0.497 e. The van der Waals surface area contributed by atoms with Crippen LogP contribution < -0.4 is 15.0 Å². The second kappa shape index (κ2) is 8.66. The molecule has 2 aromatic carbocycles. The number of rotatable bonds is 6. The van der Waals surface area contributed by atoms with E-state index in [9.17, 15) is 9.59 Å². The maximum Gasteiger partial charge on any atom is 0.256 e. The maximum atomic E-state index is 12.8. The molecule has 6 heteroatoms. The molecule has 4 rings (SSSR count). The van der Waals surface area contributed by atoms with Gasteiger partial charge in [0.2, 0.25) is 5.91 Å². The number of amides is 2. The third-order valence-electron chi connectivity index (χ3n) is 5.54. The topological polar surface area (TPSA) is 67.9 Å². The van der Waals surface area contributed by atoms with Gasteiger partial charge in [-0.3, -0.25) is 9.59 Å². The molecule has 2 heterocycles. The van der Waals surface area contributed by atoms with Crippen LogP contribution in [0.5, 0.6) is 5.75 Å². The Morgan fingerprint density at radius 1 is 1.21 bits per heavy atom. The molecule has 0 bridgehead atoms. The summed E-state index contributed by atoms with van der Waals surface area (Å²) in [6.07, 6.45) is 3.27. The van der Waals surface area contributed by atoms with Gasteiger partial charge in [-0.2, -0.15) is 0 Å². The smallest absolute Gasteiger partial charge is 0.256 e. The fraction of sp³-hybridized carbons (Fsp3) is 0.391. The third kappa shape index (κ3) is 4.43. The van der Waals surface area contributed by atoms with E-state index in [1.165, 1.54) is 0 Å². The van der Waals surface area contributed by atoms with Gasteiger partial charge in [-0.05, 0) is 61.1 Å². The van der Waals surface area contributed by atoms with Crippen molar-refractivity contribution in [1.82, 2.24) is 0 Å². The number of methoxy groups -OCH3 is 1. The van der Waals surface area contributed by atoms with Crippen LogP contribution in [0.25, 0.3) is 0 Å². The van der Waals surface area contributed by atoms with E-state index in [1.807, 2.05) is 42.5 Å². The fourth-order valence-electron chi connectivity index (χ4n) is 3.91. The van der Waals surface area contributed by atoms with Crippen LogP contribution in [-0.4, -0.2) is 38.2 Å². The zero-order valence-electron chi connectivity index (χ0n) is 16.6. The molecule has 1 atom stereocenters. The molecule has 1 fully saturated rings. The summed E-state index contributed by atoms with van der Waals surface area (Å²) < 4.78 is 10.7. The summed E-state index contributed by atoms with van der Waals surface area (Å²) in [4.78, 5) is 27.0. The van der Waals surface area contributed by atoms with E-state index in [2.05, 4.69) is 5.32 Å². The summed E-state index contributed by atoms with van der Waals surface area (Å²) in [6, 6.07) is 13.5. The van der Waals surface area contributed by atoms with Crippen molar-refractivity contribution >= 4 is 23.2 Å². The van der Waals surface area contributed by atoms with Crippen LogP contribution in [0.2, 0.25) is 0 Å². The number of anilines is 2. The van der Waals surface area contributed by atoms with Gasteiger partial charge in [0.05, 0.1) is 7.11 Å². The molecule has 2 amide bonds. The molecule has 6 nitrogen and oxygen atoms in total. The van der Waals surface area contributed by atoms with Crippen molar-refractivity contribution in [3.63, 3.8) is 0 Å². The maximum absolute atomic E-state index is 12.8. The third-order valence-corrected chi connectivity index (χ3v) is 5.54. The molecule has 1 saturated heterocycles. The number of carbonyl (C=O) groups excluding carboxylic acids is 2. The Morgan fingerprint density at radius 2 is 2.03 bits per heavy atom. The Hall–Kier alpha value is -2.86. The van der Waals surface area contributed by atoms with Crippen molar-refractivity contribution in [3.8, 4) is 5.75 Å². The zero-order valence-corrected chi connectivity index (χ0v) is 16.6. The minimum atomic E-state index is -0.330. The van der Waals surface area contributed by atoms with Crippen LogP contribution in [0.3, 0.4) is 0 Å². The SMILES string of the molecule is COc1ccc(CCC(=O)Nc2ccc3c(c2)N(C(=O)[C@@H]2CCCO2)CC3)cc1. The summed E-state index contributed by atoms with van der Waals surface area (Å²) in [6.45, 7) is 1.32. The van der Waals surface area contributed by atoms with Crippen LogP contribution in [0, 0.1) is 0 Å². The second-order valence-electron chi connectivity index (χ2n) is 7.48. The van der Waals surface area contributed by atoms with E-state index >= 15 is 0 Å². The number of carbonyl (C=O) groups is 2. The number of nitrogens with zero attached hydrogens (tertiary/aromatic N) is 1. The van der Waals surface area contributed by atoms with E-state index < -0.39 is 0 Å². The molecule has 2 aliphatic heterocycles. The lowest BCUT2D eigenvalue weighted by Gasteiger charge is -2.21. The number of nitrogens with one attached hydrogen (secondary N) is 1. The van der Waals surface area contributed by atoms with Crippen molar-refractivity contribution in [2.24, 2.45) is 0 Å². The van der Waals surface area contributed by atoms with Gasteiger partial charge in [0.15, 0.2) is 0 Å². The lowest BCUT2D eigenvalue weighted by Crippen LogP contribution is -2.37. The summed E-state index contributed by atoms with van der Waals surface area (Å²) >= 11 is 0. The minimum absolute atomic E-state index is 0.0317. The molecule has 0 unspecified atom stereocenters. The highest BCUT2D eigenvalue weighted by Crippen LogP contribution is 2.32. The lowest BCUT2D eigenvalue weighted by atomic mass is 10.1. The molecule has 1 N–H and O–H groups in total. The second-order valence-corrected chi connectivity index (χ2v) is 7.48. The molecular formula is C23H26N2O4. The molecule has 0 spiro atoms. The van der Waals surface area contributed by atoms with Gasteiger partial charge < -0.3 is 19.7 Å². The molecular weight excluding hydrogens is 368 g/mol. The standard InChI is InChI=1S/C23H26N2O4/c1-28-19-9-4-16(5-10-19)6-11-22(26)24-18-8-7-17-12-13-25(20(17)15-18)23(27)21-3-2-14-29-21/h4-5,7-10,15,21H,2-3,6,11-14H2,1H3,(H,24,26)/t21-/m0/s1. The van der Waals surface area contributed by atoms with Crippen LogP contribution in [0.1, 0.15) is 30.4 Å².